The van der Waals surface area contributed by atoms with Crippen LogP contribution in [0.15, 0.2) is 0 Å². The molecule has 0 N–H and O–H groups in total. The van der Waals surface area contributed by atoms with E-state index in [0.717, 1.165) is 12.8 Å². The lowest BCUT2D eigenvalue weighted by Crippen LogP contribution is -2.26. The standard InChI is InChI=1S/C14H26O4/c1-10(2)9-11(3)7-6-8-12(13(15)17-4)14(16)18-5/h10-12H,6-9H2,1-5H3. The van der Waals surface area contributed by atoms with E-state index in [1.165, 1.54) is 20.6 Å². The summed E-state index contributed by atoms with van der Waals surface area (Å²) in [4.78, 5) is 22.9. The Balaban J connectivity index is 4.12. The fourth-order valence-corrected chi connectivity index (χ4v) is 2.21. The number of hydrogen-bond donors (Lipinski definition) is 0. The predicted molar refractivity (Wildman–Crippen MR) is 70.0 cm³/mol. The fourth-order valence-electron chi connectivity index (χ4n) is 2.21. The van der Waals surface area contributed by atoms with Gasteiger partial charge in [0.05, 0.1) is 14.2 Å². The Morgan fingerprint density at radius 3 is 1.83 bits per heavy atom. The molecule has 0 amide bonds. The molecule has 0 heterocycles. The first kappa shape index (κ1) is 16.9. The summed E-state index contributed by atoms with van der Waals surface area (Å²) in [5.74, 6) is -0.485. The largest absolute Gasteiger partial charge is 0.468 e. The molecule has 1 unspecified atom stereocenters. The van der Waals surface area contributed by atoms with Gasteiger partial charge in [-0.3, -0.25) is 9.59 Å². The Labute approximate surface area is 110 Å². The molecule has 0 aromatic heterocycles. The molecular formula is C14H26O4. The van der Waals surface area contributed by atoms with Crippen molar-refractivity contribution < 1.29 is 19.1 Å². The third kappa shape index (κ3) is 6.62. The molecule has 0 spiro atoms. The normalized spacial score (nSPS) is 12.6. The van der Waals surface area contributed by atoms with Crippen LogP contribution in [0.5, 0.6) is 0 Å². The van der Waals surface area contributed by atoms with Crippen molar-refractivity contribution >= 4 is 11.9 Å². The molecule has 0 rings (SSSR count). The number of methoxy groups -OCH3 is 2. The van der Waals surface area contributed by atoms with Gasteiger partial charge in [-0.25, -0.2) is 0 Å². The van der Waals surface area contributed by atoms with Crippen molar-refractivity contribution in [2.75, 3.05) is 14.2 Å². The van der Waals surface area contributed by atoms with E-state index in [0.29, 0.717) is 18.3 Å². The summed E-state index contributed by atoms with van der Waals surface area (Å²) in [6, 6.07) is 0. The summed E-state index contributed by atoms with van der Waals surface area (Å²) in [5.41, 5.74) is 0. The monoisotopic (exact) mass is 258 g/mol. The van der Waals surface area contributed by atoms with Gasteiger partial charge < -0.3 is 9.47 Å². The van der Waals surface area contributed by atoms with Crippen molar-refractivity contribution in [1.82, 2.24) is 0 Å². The maximum absolute atomic E-state index is 11.4. The van der Waals surface area contributed by atoms with E-state index in [1.807, 2.05) is 0 Å². The Kier molecular flexibility index (Phi) is 8.42. The summed E-state index contributed by atoms with van der Waals surface area (Å²) in [6.07, 6.45) is 3.52. The molecule has 0 aliphatic rings. The minimum Gasteiger partial charge on any atom is -0.468 e. The lowest BCUT2D eigenvalue weighted by Gasteiger charge is -2.16. The highest BCUT2D eigenvalue weighted by Crippen LogP contribution is 2.20. The van der Waals surface area contributed by atoms with Gasteiger partial charge in [0.15, 0.2) is 5.92 Å². The van der Waals surface area contributed by atoms with Crippen LogP contribution in [0.2, 0.25) is 0 Å². The Hall–Kier alpha value is -1.06. The number of hydrogen-bond acceptors (Lipinski definition) is 4. The van der Waals surface area contributed by atoms with Crippen molar-refractivity contribution in [2.24, 2.45) is 17.8 Å². The van der Waals surface area contributed by atoms with Gasteiger partial charge >= 0.3 is 11.9 Å². The zero-order valence-corrected chi connectivity index (χ0v) is 12.2. The molecule has 0 radical (unpaired) electrons. The molecule has 0 fully saturated rings. The SMILES string of the molecule is COC(=O)C(CCCC(C)CC(C)C)C(=O)OC. The van der Waals surface area contributed by atoms with E-state index in [1.54, 1.807) is 0 Å². The first-order valence-electron chi connectivity index (χ1n) is 6.58. The molecule has 18 heavy (non-hydrogen) atoms. The van der Waals surface area contributed by atoms with E-state index in [-0.39, 0.29) is 0 Å². The molecule has 1 atom stereocenters. The number of carbonyl (C=O) groups is 2. The van der Waals surface area contributed by atoms with Crippen LogP contribution < -0.4 is 0 Å². The van der Waals surface area contributed by atoms with Crippen molar-refractivity contribution in [1.29, 1.82) is 0 Å². The van der Waals surface area contributed by atoms with Crippen molar-refractivity contribution in [3.63, 3.8) is 0 Å². The third-order valence-corrected chi connectivity index (χ3v) is 3.03. The van der Waals surface area contributed by atoms with Gasteiger partial charge in [0.1, 0.15) is 0 Å². The van der Waals surface area contributed by atoms with E-state index in [2.05, 4.69) is 30.2 Å². The van der Waals surface area contributed by atoms with E-state index < -0.39 is 17.9 Å². The molecule has 0 bridgehead atoms. The minimum absolute atomic E-state index is 0.502. The van der Waals surface area contributed by atoms with Crippen LogP contribution in [0.25, 0.3) is 0 Å². The molecule has 0 saturated heterocycles. The summed E-state index contributed by atoms with van der Waals surface area (Å²) in [7, 11) is 2.58. The number of carbonyl (C=O) groups excluding carboxylic acids is 2. The van der Waals surface area contributed by atoms with Crippen molar-refractivity contribution in [2.45, 2.75) is 46.5 Å². The maximum atomic E-state index is 11.4. The molecule has 0 aliphatic heterocycles. The van der Waals surface area contributed by atoms with E-state index >= 15 is 0 Å². The molecule has 4 heteroatoms. The van der Waals surface area contributed by atoms with E-state index in [9.17, 15) is 9.59 Å². The second kappa shape index (κ2) is 8.95. The number of rotatable bonds is 8. The fraction of sp³-hybridized carbons (Fsp3) is 0.857. The molecule has 0 aromatic carbocycles. The predicted octanol–water partition coefficient (Wildman–Crippen LogP) is 2.80. The summed E-state index contributed by atoms with van der Waals surface area (Å²) >= 11 is 0. The van der Waals surface area contributed by atoms with Crippen LogP contribution in [-0.2, 0) is 19.1 Å². The zero-order chi connectivity index (χ0) is 14.1. The third-order valence-electron chi connectivity index (χ3n) is 3.03. The van der Waals surface area contributed by atoms with Crippen LogP contribution in [0.3, 0.4) is 0 Å². The first-order valence-corrected chi connectivity index (χ1v) is 6.58. The second-order valence-corrected chi connectivity index (χ2v) is 5.26. The maximum Gasteiger partial charge on any atom is 0.320 e. The molecular weight excluding hydrogens is 232 g/mol. The summed E-state index contributed by atoms with van der Waals surface area (Å²) in [6.45, 7) is 6.59. The Bertz CT molecular complexity index is 245. The van der Waals surface area contributed by atoms with Gasteiger partial charge in [-0.2, -0.15) is 0 Å². The van der Waals surface area contributed by atoms with Gasteiger partial charge in [-0.1, -0.05) is 33.6 Å². The quantitative estimate of drug-likeness (QED) is 0.496. The summed E-state index contributed by atoms with van der Waals surface area (Å²) in [5, 5.41) is 0. The lowest BCUT2D eigenvalue weighted by atomic mass is 9.92. The minimum atomic E-state index is -0.772. The molecule has 0 aromatic rings. The van der Waals surface area contributed by atoms with Gasteiger partial charge in [0.25, 0.3) is 0 Å². The van der Waals surface area contributed by atoms with Crippen molar-refractivity contribution in [3.8, 4) is 0 Å². The molecule has 106 valence electrons. The topological polar surface area (TPSA) is 52.6 Å². The highest BCUT2D eigenvalue weighted by molar-refractivity contribution is 5.94. The van der Waals surface area contributed by atoms with Crippen LogP contribution in [0.1, 0.15) is 46.5 Å². The van der Waals surface area contributed by atoms with Crippen LogP contribution in [-0.4, -0.2) is 26.2 Å². The Morgan fingerprint density at radius 1 is 0.944 bits per heavy atom. The van der Waals surface area contributed by atoms with E-state index in [4.69, 9.17) is 0 Å². The second-order valence-electron chi connectivity index (χ2n) is 5.26. The van der Waals surface area contributed by atoms with Crippen LogP contribution in [0, 0.1) is 17.8 Å². The lowest BCUT2D eigenvalue weighted by molar-refractivity contribution is -0.159. The van der Waals surface area contributed by atoms with Gasteiger partial charge in [0, 0.05) is 0 Å². The first-order chi connectivity index (χ1) is 8.42. The van der Waals surface area contributed by atoms with Crippen LogP contribution in [0.4, 0.5) is 0 Å². The molecule has 0 saturated carbocycles. The highest BCUT2D eigenvalue weighted by atomic mass is 16.5. The number of esters is 2. The average molecular weight is 258 g/mol. The van der Waals surface area contributed by atoms with Gasteiger partial charge in [-0.05, 0) is 24.7 Å². The van der Waals surface area contributed by atoms with Crippen LogP contribution >= 0.6 is 0 Å². The van der Waals surface area contributed by atoms with Gasteiger partial charge in [-0.15, -0.1) is 0 Å². The zero-order valence-electron chi connectivity index (χ0n) is 12.2. The molecule has 4 nitrogen and oxygen atoms in total. The highest BCUT2D eigenvalue weighted by Gasteiger charge is 2.28. The smallest absolute Gasteiger partial charge is 0.320 e. The summed E-state index contributed by atoms with van der Waals surface area (Å²) < 4.78 is 9.24. The van der Waals surface area contributed by atoms with Gasteiger partial charge in [0.2, 0.25) is 0 Å². The number of ether oxygens (including phenoxy) is 2. The van der Waals surface area contributed by atoms with Crippen molar-refractivity contribution in [3.05, 3.63) is 0 Å². The average Bonchev–Trinajstić information content (AvgIpc) is 2.32. The Morgan fingerprint density at radius 2 is 1.44 bits per heavy atom. The molecule has 0 aliphatic carbocycles.